The van der Waals surface area contributed by atoms with E-state index in [1.165, 1.54) is 34.3 Å². The lowest BCUT2D eigenvalue weighted by Gasteiger charge is -2.17. The van der Waals surface area contributed by atoms with Gasteiger partial charge in [-0.25, -0.2) is 18.6 Å². The molecule has 0 atom stereocenters. The molecular formula is C12H11F2N3O. The molecule has 0 fully saturated rings. The van der Waals surface area contributed by atoms with Crippen LogP contribution in [0.15, 0.2) is 36.9 Å². The van der Waals surface area contributed by atoms with Crippen molar-refractivity contribution >= 4 is 6.03 Å². The van der Waals surface area contributed by atoms with Crippen molar-refractivity contribution in [3.63, 3.8) is 0 Å². The molecule has 1 heterocycles. The van der Waals surface area contributed by atoms with Gasteiger partial charge in [0.15, 0.2) is 11.6 Å². The van der Waals surface area contributed by atoms with Crippen LogP contribution < -0.4 is 0 Å². The number of nitrogens with zero attached hydrogens (tertiary/aromatic N) is 3. The molecule has 0 N–H and O–H groups in total. The van der Waals surface area contributed by atoms with E-state index in [9.17, 15) is 13.6 Å². The van der Waals surface area contributed by atoms with Gasteiger partial charge in [0.25, 0.3) is 0 Å². The zero-order chi connectivity index (χ0) is 13.1. The number of imidazole rings is 1. The molecule has 0 aliphatic rings. The lowest BCUT2D eigenvalue weighted by molar-refractivity contribution is 0.208. The van der Waals surface area contributed by atoms with Crippen LogP contribution in [0.5, 0.6) is 0 Å². The number of carbonyl (C=O) groups is 1. The maximum atomic E-state index is 13.0. The van der Waals surface area contributed by atoms with Gasteiger partial charge in [0.1, 0.15) is 6.33 Å². The van der Waals surface area contributed by atoms with Gasteiger partial charge >= 0.3 is 6.03 Å². The van der Waals surface area contributed by atoms with Gasteiger partial charge < -0.3 is 4.90 Å². The maximum absolute atomic E-state index is 13.0. The third-order valence-corrected chi connectivity index (χ3v) is 2.46. The highest BCUT2D eigenvalue weighted by Crippen LogP contribution is 2.10. The predicted octanol–water partition coefficient (Wildman–Crippen LogP) is 2.26. The van der Waals surface area contributed by atoms with Crippen molar-refractivity contribution in [3.05, 3.63) is 54.1 Å². The fourth-order valence-corrected chi connectivity index (χ4v) is 1.55. The van der Waals surface area contributed by atoms with Crippen LogP contribution in [0.25, 0.3) is 0 Å². The molecule has 6 heteroatoms. The highest BCUT2D eigenvalue weighted by Gasteiger charge is 2.12. The maximum Gasteiger partial charge on any atom is 0.329 e. The standard InChI is InChI=1S/C12H11F2N3O/c1-16(12(18)17-5-4-15-8-17)7-9-2-3-10(13)11(14)6-9/h2-6,8H,7H2,1H3. The number of rotatable bonds is 2. The topological polar surface area (TPSA) is 38.1 Å². The minimum Gasteiger partial charge on any atom is -0.323 e. The average Bonchev–Trinajstić information content (AvgIpc) is 2.86. The molecule has 4 nitrogen and oxygen atoms in total. The number of hydrogen-bond donors (Lipinski definition) is 0. The smallest absolute Gasteiger partial charge is 0.323 e. The van der Waals surface area contributed by atoms with E-state index >= 15 is 0 Å². The molecule has 0 saturated carbocycles. The number of benzene rings is 1. The van der Waals surface area contributed by atoms with Crippen molar-refractivity contribution in [2.75, 3.05) is 7.05 Å². The summed E-state index contributed by atoms with van der Waals surface area (Å²) in [6.07, 6.45) is 4.39. The normalized spacial score (nSPS) is 10.4. The van der Waals surface area contributed by atoms with Gasteiger partial charge in [0.05, 0.1) is 0 Å². The Labute approximate surface area is 102 Å². The van der Waals surface area contributed by atoms with E-state index < -0.39 is 11.6 Å². The fraction of sp³-hybridized carbons (Fsp3) is 0.167. The van der Waals surface area contributed by atoms with Gasteiger partial charge in [0.2, 0.25) is 0 Å². The van der Waals surface area contributed by atoms with Gasteiger partial charge in [0, 0.05) is 26.0 Å². The Bertz CT molecular complexity index is 554. The molecule has 0 saturated heterocycles. The molecule has 2 rings (SSSR count). The molecular weight excluding hydrogens is 240 g/mol. The monoisotopic (exact) mass is 251 g/mol. The number of hydrogen-bond acceptors (Lipinski definition) is 2. The summed E-state index contributed by atoms with van der Waals surface area (Å²) in [5, 5.41) is 0. The molecule has 0 spiro atoms. The first-order valence-electron chi connectivity index (χ1n) is 5.25. The van der Waals surface area contributed by atoms with E-state index in [-0.39, 0.29) is 12.6 Å². The minimum absolute atomic E-state index is 0.189. The second kappa shape index (κ2) is 4.95. The highest BCUT2D eigenvalue weighted by atomic mass is 19.2. The Morgan fingerprint density at radius 1 is 1.39 bits per heavy atom. The van der Waals surface area contributed by atoms with E-state index in [0.717, 1.165) is 12.1 Å². The third kappa shape index (κ3) is 2.53. The Balaban J connectivity index is 2.09. The summed E-state index contributed by atoms with van der Waals surface area (Å²) in [6.45, 7) is 0.189. The largest absolute Gasteiger partial charge is 0.329 e. The van der Waals surface area contributed by atoms with Crippen LogP contribution in [0.4, 0.5) is 13.6 Å². The first-order valence-corrected chi connectivity index (χ1v) is 5.25. The summed E-state index contributed by atoms with van der Waals surface area (Å²) >= 11 is 0. The van der Waals surface area contributed by atoms with Crippen molar-refractivity contribution in [3.8, 4) is 0 Å². The predicted molar refractivity (Wildman–Crippen MR) is 60.8 cm³/mol. The number of aromatic nitrogens is 2. The molecule has 0 aliphatic carbocycles. The summed E-state index contributed by atoms with van der Waals surface area (Å²) in [7, 11) is 1.57. The molecule has 0 unspecified atom stereocenters. The van der Waals surface area contributed by atoms with Crippen LogP contribution in [0.3, 0.4) is 0 Å². The third-order valence-electron chi connectivity index (χ3n) is 2.46. The van der Waals surface area contributed by atoms with E-state index in [0.29, 0.717) is 5.56 Å². The molecule has 1 aromatic heterocycles. The highest BCUT2D eigenvalue weighted by molar-refractivity contribution is 5.76. The van der Waals surface area contributed by atoms with Crippen LogP contribution in [0.1, 0.15) is 5.56 Å². The Morgan fingerprint density at radius 2 is 2.17 bits per heavy atom. The minimum atomic E-state index is -0.920. The van der Waals surface area contributed by atoms with Crippen LogP contribution in [-0.4, -0.2) is 27.5 Å². The molecule has 2 aromatic rings. The van der Waals surface area contributed by atoms with Gasteiger partial charge in [-0.05, 0) is 17.7 Å². The van der Waals surface area contributed by atoms with Gasteiger partial charge in [-0.3, -0.25) is 4.57 Å². The van der Waals surface area contributed by atoms with E-state index in [1.807, 2.05) is 0 Å². The van der Waals surface area contributed by atoms with Crippen molar-refractivity contribution in [1.82, 2.24) is 14.5 Å². The van der Waals surface area contributed by atoms with Crippen molar-refractivity contribution in [1.29, 1.82) is 0 Å². The summed E-state index contributed by atoms with van der Waals surface area (Å²) in [6, 6.07) is 3.26. The quantitative estimate of drug-likeness (QED) is 0.821. The second-order valence-corrected chi connectivity index (χ2v) is 3.86. The summed E-state index contributed by atoms with van der Waals surface area (Å²) < 4.78 is 27.1. The lowest BCUT2D eigenvalue weighted by Crippen LogP contribution is -2.29. The zero-order valence-electron chi connectivity index (χ0n) is 9.68. The van der Waals surface area contributed by atoms with Crippen LogP contribution in [-0.2, 0) is 6.54 Å². The van der Waals surface area contributed by atoms with E-state index in [1.54, 1.807) is 7.05 Å². The van der Waals surface area contributed by atoms with Crippen LogP contribution >= 0.6 is 0 Å². The first kappa shape index (κ1) is 12.2. The number of amides is 1. The molecule has 94 valence electrons. The van der Waals surface area contributed by atoms with Crippen molar-refractivity contribution < 1.29 is 13.6 Å². The fourth-order valence-electron chi connectivity index (χ4n) is 1.55. The number of halogens is 2. The van der Waals surface area contributed by atoms with E-state index in [4.69, 9.17) is 0 Å². The van der Waals surface area contributed by atoms with Crippen molar-refractivity contribution in [2.24, 2.45) is 0 Å². The van der Waals surface area contributed by atoms with E-state index in [2.05, 4.69) is 4.98 Å². The zero-order valence-corrected chi connectivity index (χ0v) is 9.68. The second-order valence-electron chi connectivity index (χ2n) is 3.86. The molecule has 1 aromatic carbocycles. The van der Waals surface area contributed by atoms with Gasteiger partial charge in [-0.2, -0.15) is 0 Å². The summed E-state index contributed by atoms with van der Waals surface area (Å²) in [4.78, 5) is 17.0. The molecule has 0 radical (unpaired) electrons. The molecule has 18 heavy (non-hydrogen) atoms. The molecule has 0 bridgehead atoms. The molecule has 1 amide bonds. The average molecular weight is 251 g/mol. The van der Waals surface area contributed by atoms with Crippen LogP contribution in [0, 0.1) is 11.6 Å². The Morgan fingerprint density at radius 3 is 2.78 bits per heavy atom. The summed E-state index contributed by atoms with van der Waals surface area (Å²) in [5.74, 6) is -1.82. The van der Waals surface area contributed by atoms with Crippen LogP contribution in [0.2, 0.25) is 0 Å². The van der Waals surface area contributed by atoms with Gasteiger partial charge in [-0.15, -0.1) is 0 Å². The Kier molecular flexibility index (Phi) is 3.36. The number of carbonyl (C=O) groups excluding carboxylic acids is 1. The SMILES string of the molecule is CN(Cc1ccc(F)c(F)c1)C(=O)n1ccnc1. The summed E-state index contributed by atoms with van der Waals surface area (Å²) in [5.41, 5.74) is 0.518. The first-order chi connectivity index (χ1) is 8.58. The van der Waals surface area contributed by atoms with Crippen molar-refractivity contribution in [2.45, 2.75) is 6.54 Å². The lowest BCUT2D eigenvalue weighted by atomic mass is 10.2. The molecule has 0 aliphatic heterocycles. The Hall–Kier alpha value is -2.24. The van der Waals surface area contributed by atoms with Gasteiger partial charge in [-0.1, -0.05) is 6.07 Å².